The highest BCUT2D eigenvalue weighted by Crippen LogP contribution is 2.14. The smallest absolute Gasteiger partial charge is 0.0991 e. The number of hydrogen-bond donors (Lipinski definition) is 1. The van der Waals surface area contributed by atoms with E-state index in [2.05, 4.69) is 42.8 Å². The van der Waals surface area contributed by atoms with E-state index in [4.69, 9.17) is 5.26 Å². The number of aromatic nitrogens is 1. The Bertz CT molecular complexity index is 580. The molecule has 0 aliphatic heterocycles. The normalized spacial score (nSPS) is 11.3. The molecule has 2 aromatic rings. The second-order valence-electron chi connectivity index (χ2n) is 5.63. The maximum Gasteiger partial charge on any atom is 0.0991 e. The number of nitriles is 1. The van der Waals surface area contributed by atoms with Crippen molar-refractivity contribution in [2.75, 3.05) is 0 Å². The molecule has 0 bridgehead atoms. The Kier molecular flexibility index (Phi) is 3.73. The van der Waals surface area contributed by atoms with E-state index in [0.717, 1.165) is 12.2 Å². The summed E-state index contributed by atoms with van der Waals surface area (Å²) in [6.45, 7) is 7.28. The quantitative estimate of drug-likeness (QED) is 0.912. The Morgan fingerprint density at radius 3 is 2.42 bits per heavy atom. The minimum Gasteiger partial charge on any atom is -0.320 e. The first-order valence-electron chi connectivity index (χ1n) is 6.41. The molecule has 2 rings (SSSR count). The van der Waals surface area contributed by atoms with Crippen LogP contribution < -0.4 is 5.32 Å². The van der Waals surface area contributed by atoms with E-state index in [1.807, 2.05) is 36.5 Å². The molecule has 0 aliphatic rings. The lowest BCUT2D eigenvalue weighted by molar-refractivity contribution is 0.420. The summed E-state index contributed by atoms with van der Waals surface area (Å²) in [5.74, 6) is 0. The van der Waals surface area contributed by atoms with Crippen molar-refractivity contribution in [2.24, 2.45) is 0 Å². The van der Waals surface area contributed by atoms with Gasteiger partial charge in [0.2, 0.25) is 0 Å². The molecule has 0 amide bonds. The molecule has 1 aromatic carbocycles. The van der Waals surface area contributed by atoms with Gasteiger partial charge in [0.1, 0.15) is 0 Å². The third kappa shape index (κ3) is 3.46. The largest absolute Gasteiger partial charge is 0.320 e. The fraction of sp³-hybridized carbons (Fsp3) is 0.312. The third-order valence-corrected chi connectivity index (χ3v) is 2.91. The van der Waals surface area contributed by atoms with E-state index in [9.17, 15) is 0 Å². The number of nitrogens with one attached hydrogen (secondary N) is 1. The summed E-state index contributed by atoms with van der Waals surface area (Å²) >= 11 is 0. The van der Waals surface area contributed by atoms with E-state index in [1.54, 1.807) is 0 Å². The molecular formula is C16H19N3. The van der Waals surface area contributed by atoms with Crippen molar-refractivity contribution in [1.82, 2.24) is 9.88 Å². The summed E-state index contributed by atoms with van der Waals surface area (Å²) in [5, 5.41) is 12.3. The lowest BCUT2D eigenvalue weighted by Gasteiger charge is -2.21. The molecule has 1 heterocycles. The van der Waals surface area contributed by atoms with Crippen LogP contribution in [0.1, 0.15) is 32.0 Å². The minimum atomic E-state index is 0.0970. The van der Waals surface area contributed by atoms with Crippen LogP contribution in [0.4, 0.5) is 0 Å². The number of rotatable bonds is 3. The van der Waals surface area contributed by atoms with Crippen molar-refractivity contribution in [3.63, 3.8) is 0 Å². The fourth-order valence-electron chi connectivity index (χ4n) is 1.86. The zero-order chi connectivity index (χ0) is 13.9. The standard InChI is InChI=1S/C16H19N3/c1-16(2,3)18-12-15-5-4-10-19(15)14-8-6-13(11-17)7-9-14/h4-10,18H,12H2,1-3H3. The molecule has 1 N–H and O–H groups in total. The first-order valence-corrected chi connectivity index (χ1v) is 6.41. The first kappa shape index (κ1) is 13.4. The van der Waals surface area contributed by atoms with Gasteiger partial charge in [0.15, 0.2) is 0 Å². The monoisotopic (exact) mass is 253 g/mol. The molecule has 0 saturated heterocycles. The molecule has 3 nitrogen and oxygen atoms in total. The Hall–Kier alpha value is -2.05. The molecule has 0 spiro atoms. The summed E-state index contributed by atoms with van der Waals surface area (Å²) in [4.78, 5) is 0. The zero-order valence-electron chi connectivity index (χ0n) is 11.6. The molecule has 3 heteroatoms. The highest BCUT2D eigenvalue weighted by atomic mass is 15.0. The van der Waals surface area contributed by atoms with Gasteiger partial charge < -0.3 is 9.88 Å². The van der Waals surface area contributed by atoms with E-state index in [0.29, 0.717) is 5.56 Å². The Labute approximate surface area is 114 Å². The van der Waals surface area contributed by atoms with Gasteiger partial charge in [0.05, 0.1) is 11.6 Å². The second kappa shape index (κ2) is 5.29. The van der Waals surface area contributed by atoms with Crippen LogP contribution in [0.25, 0.3) is 5.69 Å². The topological polar surface area (TPSA) is 40.8 Å². The zero-order valence-corrected chi connectivity index (χ0v) is 11.6. The maximum atomic E-state index is 8.82. The van der Waals surface area contributed by atoms with Gasteiger partial charge in [-0.1, -0.05) is 0 Å². The molecule has 0 saturated carbocycles. The van der Waals surface area contributed by atoms with Gasteiger partial charge >= 0.3 is 0 Å². The predicted molar refractivity (Wildman–Crippen MR) is 77.1 cm³/mol. The van der Waals surface area contributed by atoms with Crippen molar-refractivity contribution >= 4 is 0 Å². The molecule has 0 fully saturated rings. The van der Waals surface area contributed by atoms with E-state index in [-0.39, 0.29) is 5.54 Å². The van der Waals surface area contributed by atoms with Gasteiger partial charge in [-0.05, 0) is 57.2 Å². The van der Waals surface area contributed by atoms with Crippen molar-refractivity contribution in [1.29, 1.82) is 5.26 Å². The average molecular weight is 253 g/mol. The van der Waals surface area contributed by atoms with Crippen LogP contribution in [0.15, 0.2) is 42.6 Å². The van der Waals surface area contributed by atoms with E-state index < -0.39 is 0 Å². The first-order chi connectivity index (χ1) is 8.99. The van der Waals surface area contributed by atoms with Crippen molar-refractivity contribution in [3.05, 3.63) is 53.9 Å². The van der Waals surface area contributed by atoms with Gasteiger partial charge in [-0.15, -0.1) is 0 Å². The van der Waals surface area contributed by atoms with Crippen LogP contribution in [0.2, 0.25) is 0 Å². The summed E-state index contributed by atoms with van der Waals surface area (Å²) in [6.07, 6.45) is 2.04. The SMILES string of the molecule is CC(C)(C)NCc1cccn1-c1ccc(C#N)cc1. The van der Waals surface area contributed by atoms with Crippen LogP contribution in [-0.2, 0) is 6.54 Å². The van der Waals surface area contributed by atoms with Crippen LogP contribution in [0.3, 0.4) is 0 Å². The number of hydrogen-bond acceptors (Lipinski definition) is 2. The highest BCUT2D eigenvalue weighted by Gasteiger charge is 2.10. The minimum absolute atomic E-state index is 0.0970. The van der Waals surface area contributed by atoms with Gasteiger partial charge in [-0.3, -0.25) is 0 Å². The molecule has 98 valence electrons. The molecule has 0 atom stereocenters. The number of benzene rings is 1. The predicted octanol–water partition coefficient (Wildman–Crippen LogP) is 3.24. The van der Waals surface area contributed by atoms with Crippen LogP contribution in [-0.4, -0.2) is 10.1 Å². The Balaban J connectivity index is 2.21. The Morgan fingerprint density at radius 1 is 1.16 bits per heavy atom. The van der Waals surface area contributed by atoms with Gasteiger partial charge in [-0.25, -0.2) is 0 Å². The van der Waals surface area contributed by atoms with Gasteiger partial charge in [-0.2, -0.15) is 5.26 Å². The van der Waals surface area contributed by atoms with Crippen LogP contribution >= 0.6 is 0 Å². The summed E-state index contributed by atoms with van der Waals surface area (Å²) in [7, 11) is 0. The lowest BCUT2D eigenvalue weighted by atomic mass is 10.1. The molecule has 0 unspecified atom stereocenters. The molecule has 0 radical (unpaired) electrons. The summed E-state index contributed by atoms with van der Waals surface area (Å²) in [6, 6.07) is 13.9. The summed E-state index contributed by atoms with van der Waals surface area (Å²) in [5.41, 5.74) is 3.07. The van der Waals surface area contributed by atoms with Crippen molar-refractivity contribution < 1.29 is 0 Å². The fourth-order valence-corrected chi connectivity index (χ4v) is 1.86. The van der Waals surface area contributed by atoms with Crippen molar-refractivity contribution in [3.8, 4) is 11.8 Å². The number of nitrogens with zero attached hydrogens (tertiary/aromatic N) is 2. The van der Waals surface area contributed by atoms with Crippen LogP contribution in [0, 0.1) is 11.3 Å². The van der Waals surface area contributed by atoms with Crippen LogP contribution in [0.5, 0.6) is 0 Å². The highest BCUT2D eigenvalue weighted by molar-refractivity contribution is 5.41. The van der Waals surface area contributed by atoms with Gasteiger partial charge in [0, 0.05) is 29.7 Å². The third-order valence-electron chi connectivity index (χ3n) is 2.91. The maximum absolute atomic E-state index is 8.82. The average Bonchev–Trinajstić information content (AvgIpc) is 2.84. The molecule has 19 heavy (non-hydrogen) atoms. The van der Waals surface area contributed by atoms with E-state index >= 15 is 0 Å². The van der Waals surface area contributed by atoms with Gasteiger partial charge in [0.25, 0.3) is 0 Å². The van der Waals surface area contributed by atoms with E-state index in [1.165, 1.54) is 5.69 Å². The summed E-state index contributed by atoms with van der Waals surface area (Å²) < 4.78 is 2.14. The Morgan fingerprint density at radius 2 is 1.84 bits per heavy atom. The van der Waals surface area contributed by atoms with Crippen molar-refractivity contribution in [2.45, 2.75) is 32.9 Å². The molecular weight excluding hydrogens is 234 g/mol. The second-order valence-corrected chi connectivity index (χ2v) is 5.63. The molecule has 1 aromatic heterocycles. The molecule has 0 aliphatic carbocycles. The lowest BCUT2D eigenvalue weighted by Crippen LogP contribution is -2.35.